The van der Waals surface area contributed by atoms with Gasteiger partial charge in [-0.05, 0) is 48.2 Å². The van der Waals surface area contributed by atoms with Crippen molar-refractivity contribution >= 4 is 27.3 Å². The van der Waals surface area contributed by atoms with Crippen LogP contribution >= 0.6 is 0 Å². The van der Waals surface area contributed by atoms with E-state index in [9.17, 15) is 17.6 Å². The highest BCUT2D eigenvalue weighted by Crippen LogP contribution is 2.29. The molecule has 1 fully saturated rings. The van der Waals surface area contributed by atoms with E-state index in [1.54, 1.807) is 36.4 Å². The molecule has 2 aromatic rings. The SMILES string of the molecule is CC(C)C(C(=O)Nc1cccc(N2CCCS2(=O)=O)c1)c1ccc(F)cc1. The summed E-state index contributed by atoms with van der Waals surface area (Å²) in [5.74, 6) is -0.842. The summed E-state index contributed by atoms with van der Waals surface area (Å²) in [5, 5.41) is 2.87. The first kappa shape index (κ1) is 19.4. The van der Waals surface area contributed by atoms with Crippen LogP contribution in [0.2, 0.25) is 0 Å². The number of carbonyl (C=O) groups is 1. The molecular weight excluding hydrogens is 367 g/mol. The third-order valence-corrected chi connectivity index (χ3v) is 6.55. The molecule has 0 aliphatic carbocycles. The number of anilines is 2. The molecule has 0 aromatic heterocycles. The molecule has 0 bridgehead atoms. The lowest BCUT2D eigenvalue weighted by Gasteiger charge is -2.22. The standard InChI is InChI=1S/C20H23FN2O3S/c1-14(2)19(15-7-9-16(21)10-8-15)20(24)22-17-5-3-6-18(13-17)23-11-4-12-27(23,25)26/h3,5-10,13-14,19H,4,11-12H2,1-2H3,(H,22,24). The van der Waals surface area contributed by atoms with Crippen LogP contribution in [0, 0.1) is 11.7 Å². The predicted octanol–water partition coefficient (Wildman–Crippen LogP) is 3.74. The topological polar surface area (TPSA) is 66.5 Å². The lowest BCUT2D eigenvalue weighted by atomic mass is 9.87. The van der Waals surface area contributed by atoms with Crippen LogP contribution in [0.4, 0.5) is 15.8 Å². The first-order valence-corrected chi connectivity index (χ1v) is 10.6. The van der Waals surface area contributed by atoms with E-state index in [0.29, 0.717) is 24.3 Å². The van der Waals surface area contributed by atoms with E-state index in [1.807, 2.05) is 13.8 Å². The third-order valence-electron chi connectivity index (χ3n) is 4.68. The maximum absolute atomic E-state index is 13.2. The lowest BCUT2D eigenvalue weighted by molar-refractivity contribution is -0.118. The smallest absolute Gasteiger partial charge is 0.235 e. The Hall–Kier alpha value is -2.41. The maximum Gasteiger partial charge on any atom is 0.235 e. The highest BCUT2D eigenvalue weighted by molar-refractivity contribution is 7.93. The maximum atomic E-state index is 13.2. The number of benzene rings is 2. The van der Waals surface area contributed by atoms with Crippen molar-refractivity contribution in [3.05, 3.63) is 59.9 Å². The molecular formula is C20H23FN2O3S. The van der Waals surface area contributed by atoms with Gasteiger partial charge in [0.2, 0.25) is 15.9 Å². The quantitative estimate of drug-likeness (QED) is 0.846. The van der Waals surface area contributed by atoms with E-state index in [0.717, 1.165) is 5.56 Å². The second-order valence-electron chi connectivity index (χ2n) is 7.05. The fourth-order valence-corrected chi connectivity index (χ4v) is 4.95. The van der Waals surface area contributed by atoms with E-state index in [-0.39, 0.29) is 23.4 Å². The van der Waals surface area contributed by atoms with E-state index in [4.69, 9.17) is 0 Å². The molecule has 1 amide bonds. The van der Waals surface area contributed by atoms with Gasteiger partial charge in [0.05, 0.1) is 17.4 Å². The molecule has 1 heterocycles. The lowest BCUT2D eigenvalue weighted by Crippen LogP contribution is -2.26. The Balaban J connectivity index is 1.82. The minimum atomic E-state index is -3.28. The van der Waals surface area contributed by atoms with Crippen molar-refractivity contribution in [3.63, 3.8) is 0 Å². The molecule has 1 aliphatic heterocycles. The van der Waals surface area contributed by atoms with E-state index in [2.05, 4.69) is 5.32 Å². The van der Waals surface area contributed by atoms with Gasteiger partial charge in [-0.15, -0.1) is 0 Å². The van der Waals surface area contributed by atoms with Gasteiger partial charge in [0.15, 0.2) is 0 Å². The number of hydrogen-bond acceptors (Lipinski definition) is 3. The number of halogens is 1. The molecule has 3 rings (SSSR count). The summed E-state index contributed by atoms with van der Waals surface area (Å²) in [4.78, 5) is 12.9. The van der Waals surface area contributed by atoms with Gasteiger partial charge in [0, 0.05) is 12.2 Å². The van der Waals surface area contributed by atoms with Gasteiger partial charge < -0.3 is 5.32 Å². The van der Waals surface area contributed by atoms with Crippen molar-refractivity contribution in [2.75, 3.05) is 21.9 Å². The van der Waals surface area contributed by atoms with Gasteiger partial charge in [-0.25, -0.2) is 12.8 Å². The highest BCUT2D eigenvalue weighted by atomic mass is 32.2. The van der Waals surface area contributed by atoms with Crippen LogP contribution in [0.15, 0.2) is 48.5 Å². The molecule has 5 nitrogen and oxygen atoms in total. The average molecular weight is 390 g/mol. The molecule has 1 saturated heterocycles. The van der Waals surface area contributed by atoms with Gasteiger partial charge in [0.25, 0.3) is 0 Å². The van der Waals surface area contributed by atoms with Crippen molar-refractivity contribution in [1.82, 2.24) is 0 Å². The minimum absolute atomic E-state index is 0.0117. The molecule has 27 heavy (non-hydrogen) atoms. The van der Waals surface area contributed by atoms with E-state index < -0.39 is 15.9 Å². The van der Waals surface area contributed by atoms with Crippen LogP contribution in [0.3, 0.4) is 0 Å². The largest absolute Gasteiger partial charge is 0.325 e. The van der Waals surface area contributed by atoms with E-state index in [1.165, 1.54) is 16.4 Å². The van der Waals surface area contributed by atoms with Crippen molar-refractivity contribution < 1.29 is 17.6 Å². The van der Waals surface area contributed by atoms with Crippen LogP contribution in [0.25, 0.3) is 0 Å². The van der Waals surface area contributed by atoms with Crippen molar-refractivity contribution in [3.8, 4) is 0 Å². The molecule has 1 N–H and O–H groups in total. The van der Waals surface area contributed by atoms with Gasteiger partial charge in [-0.2, -0.15) is 0 Å². The summed E-state index contributed by atoms with van der Waals surface area (Å²) in [7, 11) is -3.28. The van der Waals surface area contributed by atoms with E-state index >= 15 is 0 Å². The summed E-state index contributed by atoms with van der Waals surface area (Å²) < 4.78 is 38.8. The molecule has 2 aromatic carbocycles. The molecule has 1 atom stereocenters. The number of amides is 1. The van der Waals surface area contributed by atoms with Gasteiger partial charge in [-0.1, -0.05) is 32.0 Å². The Labute approximate surface area is 159 Å². The Morgan fingerprint density at radius 3 is 2.44 bits per heavy atom. The fraction of sp³-hybridized carbons (Fsp3) is 0.350. The first-order valence-electron chi connectivity index (χ1n) is 8.95. The monoisotopic (exact) mass is 390 g/mol. The molecule has 1 unspecified atom stereocenters. The number of nitrogens with zero attached hydrogens (tertiary/aromatic N) is 1. The summed E-state index contributed by atoms with van der Waals surface area (Å²) in [6.45, 7) is 4.31. The molecule has 7 heteroatoms. The van der Waals surface area contributed by atoms with Crippen molar-refractivity contribution in [2.45, 2.75) is 26.2 Å². The minimum Gasteiger partial charge on any atom is -0.325 e. The van der Waals surface area contributed by atoms with Crippen LogP contribution < -0.4 is 9.62 Å². The molecule has 0 spiro atoms. The van der Waals surface area contributed by atoms with Crippen molar-refractivity contribution in [2.24, 2.45) is 5.92 Å². The third kappa shape index (κ3) is 4.30. The fourth-order valence-electron chi connectivity index (χ4n) is 3.40. The molecule has 1 aliphatic rings. The molecule has 144 valence electrons. The van der Waals surface area contributed by atoms with Gasteiger partial charge in [0.1, 0.15) is 5.82 Å². The normalized spacial score (nSPS) is 17.1. The van der Waals surface area contributed by atoms with Gasteiger partial charge >= 0.3 is 0 Å². The summed E-state index contributed by atoms with van der Waals surface area (Å²) in [6, 6.07) is 12.8. The second kappa shape index (κ2) is 7.68. The second-order valence-corrected chi connectivity index (χ2v) is 9.07. The van der Waals surface area contributed by atoms with Crippen LogP contribution in [-0.2, 0) is 14.8 Å². The Bertz CT molecular complexity index is 926. The van der Waals surface area contributed by atoms with Gasteiger partial charge in [-0.3, -0.25) is 9.10 Å². The molecule has 0 saturated carbocycles. The summed E-state index contributed by atoms with van der Waals surface area (Å²) >= 11 is 0. The number of hydrogen-bond donors (Lipinski definition) is 1. The van der Waals surface area contributed by atoms with Crippen molar-refractivity contribution in [1.29, 1.82) is 0 Å². The Morgan fingerprint density at radius 2 is 1.85 bits per heavy atom. The number of rotatable bonds is 5. The number of sulfonamides is 1. The number of carbonyl (C=O) groups excluding carboxylic acids is 1. The predicted molar refractivity (Wildman–Crippen MR) is 105 cm³/mol. The Morgan fingerprint density at radius 1 is 1.15 bits per heavy atom. The zero-order chi connectivity index (χ0) is 19.6. The first-order chi connectivity index (χ1) is 12.8. The highest BCUT2D eigenvalue weighted by Gasteiger charge is 2.29. The molecule has 0 radical (unpaired) electrons. The Kier molecular flexibility index (Phi) is 5.51. The van der Waals surface area contributed by atoms with Crippen LogP contribution in [0.1, 0.15) is 31.7 Å². The zero-order valence-corrected chi connectivity index (χ0v) is 16.2. The summed E-state index contributed by atoms with van der Waals surface area (Å²) in [5.41, 5.74) is 1.82. The summed E-state index contributed by atoms with van der Waals surface area (Å²) in [6.07, 6.45) is 0.596. The van der Waals surface area contributed by atoms with Crippen LogP contribution in [-0.4, -0.2) is 26.6 Å². The van der Waals surface area contributed by atoms with Crippen LogP contribution in [0.5, 0.6) is 0 Å². The average Bonchev–Trinajstić information content (AvgIpc) is 2.96. The zero-order valence-electron chi connectivity index (χ0n) is 15.4. The number of nitrogens with one attached hydrogen (secondary N) is 1.